The van der Waals surface area contributed by atoms with E-state index in [1.54, 1.807) is 18.2 Å². The monoisotopic (exact) mass is 198 g/mol. The van der Waals surface area contributed by atoms with Crippen LogP contribution in [-0.4, -0.2) is 11.1 Å². The molecule has 1 unspecified atom stereocenters. The van der Waals surface area contributed by atoms with Crippen LogP contribution in [0.15, 0.2) is 30.3 Å². The second-order valence-corrected chi connectivity index (χ2v) is 2.53. The fraction of sp³-hybridized carbons (Fsp3) is 0.125. The zero-order chi connectivity index (χ0) is 10.6. The van der Waals surface area contributed by atoms with Gasteiger partial charge in [0, 0.05) is 5.56 Å². The molecule has 6 nitrogen and oxygen atoms in total. The summed E-state index contributed by atoms with van der Waals surface area (Å²) in [6, 6.07) is 7.80. The van der Waals surface area contributed by atoms with Gasteiger partial charge in [0.15, 0.2) is 0 Å². The summed E-state index contributed by atoms with van der Waals surface area (Å²) in [5, 5.41) is 9.66. The Bertz CT molecular complexity index is 316. The van der Waals surface area contributed by atoms with Crippen molar-refractivity contribution in [1.82, 2.24) is 0 Å². The number of hydrogen-bond donors (Lipinski definition) is 3. The van der Waals surface area contributed by atoms with Crippen molar-refractivity contribution in [3.63, 3.8) is 0 Å². The molecule has 1 atom stereocenters. The van der Waals surface area contributed by atoms with Gasteiger partial charge in [-0.1, -0.05) is 30.3 Å². The molecule has 76 valence electrons. The summed E-state index contributed by atoms with van der Waals surface area (Å²) in [4.78, 5) is 19.1. The van der Waals surface area contributed by atoms with Crippen LogP contribution in [0.3, 0.4) is 0 Å². The summed E-state index contributed by atoms with van der Waals surface area (Å²) in [5.74, 6) is 5.88. The summed E-state index contributed by atoms with van der Waals surface area (Å²) >= 11 is 0. The van der Waals surface area contributed by atoms with Crippen LogP contribution in [0, 0.1) is 0 Å². The number of nitrogens with two attached hydrogens (primary N) is 2. The van der Waals surface area contributed by atoms with Gasteiger partial charge in [-0.05, 0) is 0 Å². The Morgan fingerprint density at radius 3 is 2.29 bits per heavy atom. The largest absolute Gasteiger partial charge is 0.391 e. The second kappa shape index (κ2) is 4.16. The molecule has 1 rings (SSSR count). The molecule has 0 saturated heterocycles. The maximum absolute atomic E-state index is 11.1. The maximum Gasteiger partial charge on any atom is 0.391 e. The number of benzene rings is 1. The van der Waals surface area contributed by atoms with Gasteiger partial charge in [-0.15, -0.1) is 0 Å². The Kier molecular flexibility index (Phi) is 3.15. The lowest BCUT2D eigenvalue weighted by Crippen LogP contribution is -2.43. The van der Waals surface area contributed by atoms with E-state index in [2.05, 4.69) is 15.6 Å². The lowest BCUT2D eigenvalue weighted by Gasteiger charge is -2.21. The number of carbonyl (C=O) groups excluding carboxylic acids is 1. The Morgan fingerprint density at radius 1 is 1.29 bits per heavy atom. The third-order valence-corrected chi connectivity index (χ3v) is 1.72. The lowest BCUT2D eigenvalue weighted by molar-refractivity contribution is -0.237. The summed E-state index contributed by atoms with van der Waals surface area (Å²) in [6.07, 6.45) is 0. The summed E-state index contributed by atoms with van der Waals surface area (Å²) in [7, 11) is 0. The van der Waals surface area contributed by atoms with Gasteiger partial charge in [-0.2, -0.15) is 5.90 Å². The molecule has 0 spiro atoms. The minimum atomic E-state index is -2.37. The lowest BCUT2D eigenvalue weighted by atomic mass is 10.1. The molecular formula is C8H10N2O4. The molecular weight excluding hydrogens is 188 g/mol. The van der Waals surface area contributed by atoms with Crippen LogP contribution < -0.4 is 11.8 Å². The highest BCUT2D eigenvalue weighted by molar-refractivity contribution is 5.78. The van der Waals surface area contributed by atoms with Crippen LogP contribution in [-0.2, 0) is 20.3 Å². The molecule has 0 amide bonds. The van der Waals surface area contributed by atoms with Crippen molar-refractivity contribution in [3.05, 3.63) is 35.9 Å². The maximum atomic E-state index is 11.1. The van der Waals surface area contributed by atoms with Gasteiger partial charge < -0.3 is 9.94 Å². The highest BCUT2D eigenvalue weighted by atomic mass is 16.8. The first kappa shape index (κ1) is 10.6. The second-order valence-electron chi connectivity index (χ2n) is 2.53. The SMILES string of the molecule is NOC(=O)C(O)(ON)c1ccccc1. The Balaban J connectivity index is 3.08. The van der Waals surface area contributed by atoms with Gasteiger partial charge in [0.2, 0.25) is 0 Å². The molecule has 5 N–H and O–H groups in total. The van der Waals surface area contributed by atoms with Crippen molar-refractivity contribution in [2.75, 3.05) is 0 Å². The van der Waals surface area contributed by atoms with Crippen LogP contribution >= 0.6 is 0 Å². The first-order valence-electron chi connectivity index (χ1n) is 3.72. The van der Waals surface area contributed by atoms with E-state index in [0.717, 1.165) is 0 Å². The molecule has 0 fully saturated rings. The number of aliphatic hydroxyl groups is 1. The van der Waals surface area contributed by atoms with E-state index in [9.17, 15) is 9.90 Å². The molecule has 0 aromatic heterocycles. The molecule has 0 bridgehead atoms. The quantitative estimate of drug-likeness (QED) is 0.431. The molecule has 1 aromatic carbocycles. The van der Waals surface area contributed by atoms with Crippen LogP contribution in [0.1, 0.15) is 5.56 Å². The molecule has 1 aromatic rings. The van der Waals surface area contributed by atoms with E-state index >= 15 is 0 Å². The third kappa shape index (κ3) is 1.73. The fourth-order valence-electron chi connectivity index (χ4n) is 0.978. The summed E-state index contributed by atoms with van der Waals surface area (Å²) in [5.41, 5.74) is 0.137. The molecule has 6 heteroatoms. The molecule has 0 aliphatic carbocycles. The van der Waals surface area contributed by atoms with Crippen LogP contribution in [0.4, 0.5) is 0 Å². The first-order chi connectivity index (χ1) is 6.65. The zero-order valence-electron chi connectivity index (χ0n) is 7.21. The van der Waals surface area contributed by atoms with Crippen molar-refractivity contribution in [2.24, 2.45) is 11.8 Å². The first-order valence-corrected chi connectivity index (χ1v) is 3.72. The highest BCUT2D eigenvalue weighted by Gasteiger charge is 2.41. The van der Waals surface area contributed by atoms with Gasteiger partial charge in [0.25, 0.3) is 0 Å². The normalized spacial score (nSPS) is 14.5. The number of rotatable bonds is 3. The summed E-state index contributed by atoms with van der Waals surface area (Å²) < 4.78 is 0. The molecule has 0 aliphatic heterocycles. The van der Waals surface area contributed by atoms with Crippen molar-refractivity contribution in [1.29, 1.82) is 0 Å². The fourth-order valence-corrected chi connectivity index (χ4v) is 0.978. The van der Waals surface area contributed by atoms with Gasteiger partial charge in [-0.25, -0.2) is 10.7 Å². The van der Waals surface area contributed by atoms with E-state index < -0.39 is 11.8 Å². The highest BCUT2D eigenvalue weighted by Crippen LogP contribution is 2.21. The van der Waals surface area contributed by atoms with Crippen molar-refractivity contribution in [2.45, 2.75) is 5.79 Å². The van der Waals surface area contributed by atoms with Crippen LogP contribution in [0.25, 0.3) is 0 Å². The van der Waals surface area contributed by atoms with E-state index in [4.69, 9.17) is 5.90 Å². The Labute approximate surface area is 79.9 Å². The van der Waals surface area contributed by atoms with Gasteiger partial charge in [-0.3, -0.25) is 4.84 Å². The number of carbonyl (C=O) groups is 1. The zero-order valence-corrected chi connectivity index (χ0v) is 7.21. The molecule has 0 radical (unpaired) electrons. The average Bonchev–Trinajstić information content (AvgIpc) is 2.28. The standard InChI is InChI=1S/C8H10N2O4/c9-13-7(11)8(12,14-10)6-4-2-1-3-5-6/h1-5,12H,9-10H2. The minimum absolute atomic E-state index is 0.137. The van der Waals surface area contributed by atoms with E-state index in [-0.39, 0.29) is 5.56 Å². The van der Waals surface area contributed by atoms with Gasteiger partial charge in [0.1, 0.15) is 0 Å². The van der Waals surface area contributed by atoms with E-state index in [0.29, 0.717) is 0 Å². The Morgan fingerprint density at radius 2 is 1.86 bits per heavy atom. The average molecular weight is 198 g/mol. The Hall–Kier alpha value is -1.47. The smallest absolute Gasteiger partial charge is 0.369 e. The van der Waals surface area contributed by atoms with Crippen molar-refractivity contribution < 1.29 is 19.6 Å². The molecule has 0 aliphatic rings. The third-order valence-electron chi connectivity index (χ3n) is 1.72. The minimum Gasteiger partial charge on any atom is -0.369 e. The summed E-state index contributed by atoms with van der Waals surface area (Å²) in [6.45, 7) is 0. The van der Waals surface area contributed by atoms with Crippen LogP contribution in [0.5, 0.6) is 0 Å². The van der Waals surface area contributed by atoms with Gasteiger partial charge >= 0.3 is 11.8 Å². The number of hydrogen-bond acceptors (Lipinski definition) is 6. The molecule has 0 saturated carbocycles. The van der Waals surface area contributed by atoms with Crippen molar-refractivity contribution in [3.8, 4) is 0 Å². The van der Waals surface area contributed by atoms with Gasteiger partial charge in [0.05, 0.1) is 0 Å². The van der Waals surface area contributed by atoms with Crippen molar-refractivity contribution >= 4 is 5.97 Å². The molecule has 14 heavy (non-hydrogen) atoms. The molecule has 0 heterocycles. The van der Waals surface area contributed by atoms with Crippen LogP contribution in [0.2, 0.25) is 0 Å². The topological polar surface area (TPSA) is 108 Å². The predicted molar refractivity (Wildman–Crippen MR) is 45.9 cm³/mol. The van der Waals surface area contributed by atoms with E-state index in [1.165, 1.54) is 12.1 Å². The van der Waals surface area contributed by atoms with E-state index in [1.807, 2.05) is 0 Å². The predicted octanol–water partition coefficient (Wildman–Crippen LogP) is -0.861.